The van der Waals surface area contributed by atoms with Crippen LogP contribution in [0.2, 0.25) is 0 Å². The number of nitrogens with zero attached hydrogens (tertiary/aromatic N) is 5. The number of anilines is 1. The number of aryl methyl sites for hydroxylation is 1. The predicted octanol–water partition coefficient (Wildman–Crippen LogP) is 1.85. The Labute approximate surface area is 114 Å². The van der Waals surface area contributed by atoms with E-state index in [0.717, 1.165) is 5.82 Å². The van der Waals surface area contributed by atoms with Gasteiger partial charge in [0.2, 0.25) is 0 Å². The zero-order valence-corrected chi connectivity index (χ0v) is 10.8. The summed E-state index contributed by atoms with van der Waals surface area (Å²) in [6.45, 7) is 1.87. The summed E-state index contributed by atoms with van der Waals surface area (Å²) in [5.74, 6) is 1.41. The van der Waals surface area contributed by atoms with E-state index in [0.29, 0.717) is 11.5 Å². The Bertz CT molecular complexity index is 731. The lowest BCUT2D eigenvalue weighted by atomic mass is 10.3. The quantitative estimate of drug-likeness (QED) is 0.769. The van der Waals surface area contributed by atoms with Crippen molar-refractivity contribution in [1.82, 2.24) is 24.1 Å². The summed E-state index contributed by atoms with van der Waals surface area (Å²) >= 11 is 0. The van der Waals surface area contributed by atoms with E-state index in [9.17, 15) is 4.79 Å². The fraction of sp³-hybridized carbons (Fsp3) is 0.0769. The van der Waals surface area contributed by atoms with Crippen LogP contribution in [0.5, 0.6) is 0 Å². The Morgan fingerprint density at radius 3 is 2.80 bits per heavy atom. The molecule has 7 nitrogen and oxygen atoms in total. The van der Waals surface area contributed by atoms with Gasteiger partial charge in [0, 0.05) is 31.0 Å². The normalized spacial score (nSPS) is 10.4. The number of pyridine rings is 1. The maximum Gasteiger partial charge on any atom is 0.331 e. The highest BCUT2D eigenvalue weighted by atomic mass is 16.2. The van der Waals surface area contributed by atoms with Crippen LogP contribution >= 0.6 is 0 Å². The number of hydrogen-bond donors (Lipinski definition) is 1. The molecule has 0 unspecified atom stereocenters. The van der Waals surface area contributed by atoms with E-state index in [1.807, 2.05) is 11.5 Å². The number of aromatic nitrogens is 5. The Morgan fingerprint density at radius 2 is 2.10 bits per heavy atom. The lowest BCUT2D eigenvalue weighted by Crippen LogP contribution is -2.19. The van der Waals surface area contributed by atoms with E-state index in [-0.39, 0.29) is 6.03 Å². The predicted molar refractivity (Wildman–Crippen MR) is 72.7 cm³/mol. The summed E-state index contributed by atoms with van der Waals surface area (Å²) in [7, 11) is 0. The Morgan fingerprint density at radius 1 is 1.20 bits per heavy atom. The second-order valence-electron chi connectivity index (χ2n) is 4.12. The number of nitrogens with one attached hydrogen (secondary N) is 1. The molecule has 20 heavy (non-hydrogen) atoms. The average molecular weight is 268 g/mol. The summed E-state index contributed by atoms with van der Waals surface area (Å²) in [5, 5.41) is 2.80. The van der Waals surface area contributed by atoms with E-state index in [1.165, 1.54) is 10.9 Å². The second kappa shape index (κ2) is 4.96. The van der Waals surface area contributed by atoms with Crippen molar-refractivity contribution in [2.45, 2.75) is 6.92 Å². The first-order chi connectivity index (χ1) is 9.75. The van der Waals surface area contributed by atoms with Crippen molar-refractivity contribution in [1.29, 1.82) is 0 Å². The first-order valence-electron chi connectivity index (χ1n) is 6.00. The van der Waals surface area contributed by atoms with Crippen LogP contribution in [0.15, 0.2) is 49.4 Å². The van der Waals surface area contributed by atoms with Crippen LogP contribution in [0, 0.1) is 6.92 Å². The van der Waals surface area contributed by atoms with E-state index in [2.05, 4.69) is 20.3 Å². The van der Waals surface area contributed by atoms with Gasteiger partial charge >= 0.3 is 6.03 Å². The fourth-order valence-corrected chi connectivity index (χ4v) is 1.85. The van der Waals surface area contributed by atoms with E-state index < -0.39 is 0 Å². The van der Waals surface area contributed by atoms with Crippen LogP contribution in [0.3, 0.4) is 0 Å². The van der Waals surface area contributed by atoms with Gasteiger partial charge in [-0.3, -0.25) is 9.13 Å². The van der Waals surface area contributed by atoms with E-state index in [1.54, 1.807) is 43.1 Å². The molecule has 3 heterocycles. The highest BCUT2D eigenvalue weighted by Crippen LogP contribution is 2.18. The molecule has 100 valence electrons. The fourth-order valence-electron chi connectivity index (χ4n) is 1.85. The molecule has 3 rings (SSSR count). The van der Waals surface area contributed by atoms with Crippen LogP contribution in [-0.2, 0) is 0 Å². The minimum atomic E-state index is -0.297. The van der Waals surface area contributed by atoms with E-state index >= 15 is 0 Å². The van der Waals surface area contributed by atoms with Gasteiger partial charge in [-0.25, -0.2) is 19.7 Å². The minimum absolute atomic E-state index is 0.297. The largest absolute Gasteiger partial charge is 0.331 e. The molecule has 0 saturated carbocycles. The molecule has 0 saturated heterocycles. The molecule has 3 aromatic heterocycles. The summed E-state index contributed by atoms with van der Waals surface area (Å²) in [4.78, 5) is 24.3. The molecule has 0 aliphatic rings. The number of hydrogen-bond acceptors (Lipinski definition) is 4. The van der Waals surface area contributed by atoms with Gasteiger partial charge in [0.25, 0.3) is 0 Å². The minimum Gasteiger partial charge on any atom is -0.304 e. The maximum absolute atomic E-state index is 12.0. The molecule has 0 aromatic carbocycles. The highest BCUT2D eigenvalue weighted by molar-refractivity contribution is 5.92. The molecule has 1 N–H and O–H groups in total. The third-order valence-corrected chi connectivity index (χ3v) is 2.82. The van der Waals surface area contributed by atoms with Crippen LogP contribution in [0.25, 0.3) is 5.82 Å². The lowest BCUT2D eigenvalue weighted by Gasteiger charge is -2.11. The van der Waals surface area contributed by atoms with Crippen LogP contribution in [-0.4, -0.2) is 30.1 Å². The van der Waals surface area contributed by atoms with Crippen molar-refractivity contribution in [2.24, 2.45) is 0 Å². The van der Waals surface area contributed by atoms with Gasteiger partial charge in [0.15, 0.2) is 5.82 Å². The smallest absolute Gasteiger partial charge is 0.304 e. The summed E-state index contributed by atoms with van der Waals surface area (Å²) in [6.07, 6.45) is 9.71. The zero-order valence-electron chi connectivity index (χ0n) is 10.8. The molecule has 0 fully saturated rings. The Hall–Kier alpha value is -2.96. The molecule has 0 aliphatic carbocycles. The lowest BCUT2D eigenvalue weighted by molar-refractivity contribution is 0.253. The number of carbonyl (C=O) groups excluding carboxylic acids is 1. The molecule has 0 spiro atoms. The topological polar surface area (TPSA) is 77.6 Å². The van der Waals surface area contributed by atoms with Gasteiger partial charge in [-0.15, -0.1) is 0 Å². The summed E-state index contributed by atoms with van der Waals surface area (Å²) < 4.78 is 3.17. The molecule has 0 atom stereocenters. The summed E-state index contributed by atoms with van der Waals surface area (Å²) in [5.41, 5.74) is 0.604. The van der Waals surface area contributed by atoms with Gasteiger partial charge in [0.1, 0.15) is 12.2 Å². The van der Waals surface area contributed by atoms with Gasteiger partial charge in [-0.1, -0.05) is 0 Å². The van der Waals surface area contributed by atoms with Gasteiger partial charge in [0.05, 0.1) is 5.69 Å². The third-order valence-electron chi connectivity index (χ3n) is 2.82. The van der Waals surface area contributed by atoms with Gasteiger partial charge in [-0.05, 0) is 19.1 Å². The summed E-state index contributed by atoms with van der Waals surface area (Å²) in [6, 6.07) is 3.25. The third kappa shape index (κ3) is 2.16. The standard InChI is InChI=1S/C13H12N6O/c1-10-15-6-8-19(10)12-11(3-2-4-16-12)17-13(20)18-7-5-14-9-18/h2-9H,1H3,(H,17,20). The molecule has 0 bridgehead atoms. The first-order valence-corrected chi connectivity index (χ1v) is 6.00. The monoisotopic (exact) mass is 268 g/mol. The highest BCUT2D eigenvalue weighted by Gasteiger charge is 2.11. The van der Waals surface area contributed by atoms with Crippen molar-refractivity contribution < 1.29 is 4.79 Å². The van der Waals surface area contributed by atoms with Crippen LogP contribution in [0.1, 0.15) is 5.82 Å². The average Bonchev–Trinajstić information content (AvgIpc) is 3.10. The molecule has 0 radical (unpaired) electrons. The molecular weight excluding hydrogens is 256 g/mol. The Kier molecular flexibility index (Phi) is 3.00. The second-order valence-corrected chi connectivity index (χ2v) is 4.12. The maximum atomic E-state index is 12.0. The number of rotatable bonds is 2. The number of amides is 1. The Balaban J connectivity index is 1.95. The van der Waals surface area contributed by atoms with Crippen molar-refractivity contribution in [3.63, 3.8) is 0 Å². The van der Waals surface area contributed by atoms with Crippen molar-refractivity contribution in [2.75, 3.05) is 5.32 Å². The van der Waals surface area contributed by atoms with Crippen molar-refractivity contribution in [3.8, 4) is 5.82 Å². The molecular formula is C13H12N6O. The molecule has 0 aliphatic heterocycles. The molecule has 7 heteroatoms. The zero-order chi connectivity index (χ0) is 13.9. The molecule has 3 aromatic rings. The van der Waals surface area contributed by atoms with Crippen molar-refractivity contribution >= 4 is 11.7 Å². The van der Waals surface area contributed by atoms with Crippen molar-refractivity contribution in [3.05, 3.63) is 55.3 Å². The number of carbonyl (C=O) groups is 1. The van der Waals surface area contributed by atoms with Crippen LogP contribution in [0.4, 0.5) is 10.5 Å². The molecule has 1 amide bonds. The van der Waals surface area contributed by atoms with Gasteiger partial charge in [-0.2, -0.15) is 0 Å². The van der Waals surface area contributed by atoms with Crippen LogP contribution < -0.4 is 5.32 Å². The van der Waals surface area contributed by atoms with Gasteiger partial charge < -0.3 is 5.32 Å². The number of imidazole rings is 2. The SMILES string of the molecule is Cc1nccn1-c1ncccc1NC(=O)n1ccnc1. The first kappa shape index (κ1) is 12.1. The van der Waals surface area contributed by atoms with E-state index in [4.69, 9.17) is 0 Å².